The van der Waals surface area contributed by atoms with Crippen molar-refractivity contribution in [2.24, 2.45) is 0 Å². The minimum Gasteiger partial charge on any atom is -0.496 e. The highest BCUT2D eigenvalue weighted by Crippen LogP contribution is 2.21. The largest absolute Gasteiger partial charge is 0.496 e. The molecule has 5 nitrogen and oxygen atoms in total. The first-order valence-electron chi connectivity index (χ1n) is 8.01. The van der Waals surface area contributed by atoms with Crippen molar-refractivity contribution >= 4 is 12.0 Å². The van der Waals surface area contributed by atoms with Crippen LogP contribution in [-0.4, -0.2) is 29.4 Å². The normalized spacial score (nSPS) is 10.4. The summed E-state index contributed by atoms with van der Waals surface area (Å²) in [6.45, 7) is 2.78. The van der Waals surface area contributed by atoms with Gasteiger partial charge in [0.25, 0.3) is 0 Å². The van der Waals surface area contributed by atoms with Crippen molar-refractivity contribution in [1.82, 2.24) is 9.88 Å². The van der Waals surface area contributed by atoms with E-state index in [1.54, 1.807) is 30.5 Å². The highest BCUT2D eigenvalue weighted by molar-refractivity contribution is 5.92. The molecule has 25 heavy (non-hydrogen) atoms. The van der Waals surface area contributed by atoms with Crippen LogP contribution in [0.4, 0.5) is 0 Å². The van der Waals surface area contributed by atoms with Crippen molar-refractivity contribution in [2.45, 2.75) is 19.9 Å². The Kier molecular flexibility index (Phi) is 6.73. The molecule has 2 aromatic rings. The maximum absolute atomic E-state index is 12.6. The minimum absolute atomic E-state index is 0.150. The number of carbonyl (C=O) groups is 1. The number of carbonyl (C=O) groups excluding carboxylic acids is 1. The first-order valence-corrected chi connectivity index (χ1v) is 8.01. The molecule has 1 aromatic heterocycles. The second-order valence-corrected chi connectivity index (χ2v) is 5.61. The fourth-order valence-corrected chi connectivity index (χ4v) is 2.41. The fourth-order valence-electron chi connectivity index (χ4n) is 2.41. The Morgan fingerprint density at radius 3 is 2.92 bits per heavy atom. The molecule has 0 fully saturated rings. The molecule has 0 atom stereocenters. The number of aryl methyl sites for hydroxylation is 1. The molecule has 128 valence electrons. The Bertz CT molecular complexity index is 779. The van der Waals surface area contributed by atoms with Gasteiger partial charge >= 0.3 is 0 Å². The molecule has 0 radical (unpaired) electrons. The maximum atomic E-state index is 12.6. The number of benzene rings is 1. The van der Waals surface area contributed by atoms with Crippen molar-refractivity contribution in [2.75, 3.05) is 13.7 Å². The quantitative estimate of drug-likeness (QED) is 0.728. The number of nitrogens with zero attached hydrogens (tertiary/aromatic N) is 3. The number of ether oxygens (including phenoxy) is 1. The molecule has 0 spiro atoms. The zero-order valence-electron chi connectivity index (χ0n) is 14.5. The van der Waals surface area contributed by atoms with Crippen molar-refractivity contribution in [1.29, 1.82) is 5.26 Å². The van der Waals surface area contributed by atoms with Gasteiger partial charge in [-0.3, -0.25) is 9.78 Å². The highest BCUT2D eigenvalue weighted by Gasteiger charge is 2.11. The summed E-state index contributed by atoms with van der Waals surface area (Å²) >= 11 is 0. The van der Waals surface area contributed by atoms with Gasteiger partial charge in [-0.05, 0) is 36.8 Å². The molecule has 0 aliphatic carbocycles. The summed E-state index contributed by atoms with van der Waals surface area (Å²) in [7, 11) is 1.60. The Balaban J connectivity index is 2.16. The maximum Gasteiger partial charge on any atom is 0.246 e. The van der Waals surface area contributed by atoms with Gasteiger partial charge in [0.2, 0.25) is 5.91 Å². The molecule has 1 amide bonds. The van der Waals surface area contributed by atoms with Crippen molar-refractivity contribution < 1.29 is 9.53 Å². The predicted octanol–water partition coefficient (Wildman–Crippen LogP) is 3.35. The summed E-state index contributed by atoms with van der Waals surface area (Å²) in [5, 5.41) is 8.83. The molecule has 0 saturated carbocycles. The van der Waals surface area contributed by atoms with E-state index in [9.17, 15) is 4.79 Å². The van der Waals surface area contributed by atoms with E-state index in [0.717, 1.165) is 16.7 Å². The van der Waals surface area contributed by atoms with Crippen LogP contribution in [0.5, 0.6) is 5.75 Å². The zero-order chi connectivity index (χ0) is 18.1. The van der Waals surface area contributed by atoms with Crippen LogP contribution in [0.15, 0.2) is 48.8 Å². The van der Waals surface area contributed by atoms with E-state index < -0.39 is 0 Å². The topological polar surface area (TPSA) is 66.2 Å². The number of aromatic nitrogens is 1. The van der Waals surface area contributed by atoms with E-state index in [4.69, 9.17) is 10.00 Å². The second kappa shape index (κ2) is 9.24. The molecule has 0 unspecified atom stereocenters. The van der Waals surface area contributed by atoms with Gasteiger partial charge in [0.1, 0.15) is 5.75 Å². The molecule has 0 bridgehead atoms. The van der Waals surface area contributed by atoms with Crippen LogP contribution in [0, 0.1) is 18.3 Å². The van der Waals surface area contributed by atoms with Gasteiger partial charge in [-0.25, -0.2) is 0 Å². The lowest BCUT2D eigenvalue weighted by molar-refractivity contribution is -0.126. The van der Waals surface area contributed by atoms with Crippen LogP contribution in [0.25, 0.3) is 6.08 Å². The molecule has 0 aliphatic heterocycles. The Morgan fingerprint density at radius 1 is 1.40 bits per heavy atom. The Labute approximate surface area is 148 Å². The molecular formula is C20H21N3O2. The van der Waals surface area contributed by atoms with E-state index in [-0.39, 0.29) is 12.3 Å². The third-order valence-electron chi connectivity index (χ3n) is 3.69. The first kappa shape index (κ1) is 18.2. The number of hydrogen-bond acceptors (Lipinski definition) is 4. The van der Waals surface area contributed by atoms with E-state index >= 15 is 0 Å². The molecule has 5 heteroatoms. The lowest BCUT2D eigenvalue weighted by atomic mass is 10.1. The summed E-state index contributed by atoms with van der Waals surface area (Å²) < 4.78 is 5.33. The third-order valence-corrected chi connectivity index (χ3v) is 3.69. The smallest absolute Gasteiger partial charge is 0.246 e. The zero-order valence-corrected chi connectivity index (χ0v) is 14.5. The predicted molar refractivity (Wildman–Crippen MR) is 96.6 cm³/mol. The number of rotatable bonds is 7. The summed E-state index contributed by atoms with van der Waals surface area (Å²) in [6, 6.07) is 11.6. The fraction of sp³-hybridized carbons (Fsp3) is 0.250. The van der Waals surface area contributed by atoms with Gasteiger partial charge in [0, 0.05) is 37.1 Å². The number of methoxy groups -OCH3 is 1. The van der Waals surface area contributed by atoms with Gasteiger partial charge in [-0.2, -0.15) is 5.26 Å². The van der Waals surface area contributed by atoms with E-state index in [1.807, 2.05) is 37.3 Å². The summed E-state index contributed by atoms with van der Waals surface area (Å²) in [4.78, 5) is 18.3. The molecule has 1 heterocycles. The van der Waals surface area contributed by atoms with E-state index in [1.165, 1.54) is 6.08 Å². The van der Waals surface area contributed by atoms with E-state index in [0.29, 0.717) is 18.8 Å². The van der Waals surface area contributed by atoms with Crippen molar-refractivity contribution in [3.8, 4) is 11.8 Å². The van der Waals surface area contributed by atoms with Crippen LogP contribution in [0.1, 0.15) is 23.1 Å². The average Bonchev–Trinajstić information content (AvgIpc) is 2.64. The highest BCUT2D eigenvalue weighted by atomic mass is 16.5. The number of pyridine rings is 1. The Hall–Kier alpha value is -3.13. The monoisotopic (exact) mass is 335 g/mol. The molecule has 1 aromatic carbocycles. The number of hydrogen-bond donors (Lipinski definition) is 0. The SMILES string of the molecule is COc1ccc(C)cc1C=CC(=O)N(CCC#N)Cc1cccnc1. The third kappa shape index (κ3) is 5.47. The standard InChI is InChI=1S/C20H21N3O2/c1-16-6-8-19(25-2)18(13-16)7-9-20(24)23(12-4-10-21)15-17-5-3-11-22-14-17/h3,5-9,11,13-14H,4,12,15H2,1-2H3. The summed E-state index contributed by atoms with van der Waals surface area (Å²) in [6.07, 6.45) is 6.96. The summed E-state index contributed by atoms with van der Waals surface area (Å²) in [5.41, 5.74) is 2.86. The van der Waals surface area contributed by atoms with Gasteiger partial charge in [0.15, 0.2) is 0 Å². The number of nitriles is 1. The molecule has 0 aliphatic rings. The molecule has 0 N–H and O–H groups in total. The lowest BCUT2D eigenvalue weighted by Crippen LogP contribution is -2.29. The van der Waals surface area contributed by atoms with Gasteiger partial charge < -0.3 is 9.64 Å². The lowest BCUT2D eigenvalue weighted by Gasteiger charge is -2.20. The van der Waals surface area contributed by atoms with E-state index in [2.05, 4.69) is 11.1 Å². The molecular weight excluding hydrogens is 314 g/mol. The van der Waals surface area contributed by atoms with Crippen LogP contribution < -0.4 is 4.74 Å². The van der Waals surface area contributed by atoms with Crippen LogP contribution in [0.3, 0.4) is 0 Å². The summed E-state index contributed by atoms with van der Waals surface area (Å²) in [5.74, 6) is 0.563. The second-order valence-electron chi connectivity index (χ2n) is 5.61. The van der Waals surface area contributed by atoms with Gasteiger partial charge in [0.05, 0.1) is 19.6 Å². The Morgan fingerprint density at radius 2 is 2.24 bits per heavy atom. The average molecular weight is 335 g/mol. The van der Waals surface area contributed by atoms with Gasteiger partial charge in [-0.1, -0.05) is 17.7 Å². The molecule has 2 rings (SSSR count). The first-order chi connectivity index (χ1) is 12.1. The van der Waals surface area contributed by atoms with Gasteiger partial charge in [-0.15, -0.1) is 0 Å². The van der Waals surface area contributed by atoms with Crippen LogP contribution in [-0.2, 0) is 11.3 Å². The van der Waals surface area contributed by atoms with Crippen molar-refractivity contribution in [3.63, 3.8) is 0 Å². The molecule has 0 saturated heterocycles. The van der Waals surface area contributed by atoms with Crippen LogP contribution in [0.2, 0.25) is 0 Å². The minimum atomic E-state index is -0.150. The number of amides is 1. The van der Waals surface area contributed by atoms with Crippen molar-refractivity contribution in [3.05, 3.63) is 65.5 Å². The van der Waals surface area contributed by atoms with Crippen LogP contribution >= 0.6 is 0 Å².